The fourth-order valence-electron chi connectivity index (χ4n) is 2.98. The second-order valence-corrected chi connectivity index (χ2v) is 6.00. The minimum Gasteiger partial charge on any atom is -0.497 e. The molecule has 5 heteroatoms. The van der Waals surface area contributed by atoms with Crippen molar-refractivity contribution in [3.8, 4) is 17.1 Å². The molecule has 0 fully saturated rings. The maximum atomic E-state index is 9.66. The normalized spacial score (nSPS) is 11.5. The number of oxime groups is 1. The van der Waals surface area contributed by atoms with Gasteiger partial charge in [-0.25, -0.2) is 4.98 Å². The number of pyridine rings is 2. The fourth-order valence-corrected chi connectivity index (χ4v) is 2.98. The highest BCUT2D eigenvalue weighted by molar-refractivity contribution is 6.13. The molecule has 4 rings (SSSR count). The SMILES string of the molecule is COc1ccc2cc(C(=NO)c3cccc(-c4ccccn4)n3)ccc2c1. The van der Waals surface area contributed by atoms with Gasteiger partial charge in [0.15, 0.2) is 0 Å². The first-order valence-electron chi connectivity index (χ1n) is 8.47. The molecule has 0 saturated carbocycles. The summed E-state index contributed by atoms with van der Waals surface area (Å²) in [5.41, 5.74) is 3.25. The Morgan fingerprint density at radius 2 is 1.70 bits per heavy atom. The van der Waals surface area contributed by atoms with Gasteiger partial charge in [0.25, 0.3) is 0 Å². The molecule has 132 valence electrons. The number of methoxy groups -OCH3 is 1. The van der Waals surface area contributed by atoms with Gasteiger partial charge in [-0.05, 0) is 53.2 Å². The summed E-state index contributed by atoms with van der Waals surface area (Å²) in [5.74, 6) is 0.802. The van der Waals surface area contributed by atoms with Gasteiger partial charge in [-0.15, -0.1) is 0 Å². The third-order valence-electron chi connectivity index (χ3n) is 4.34. The molecule has 0 aliphatic rings. The molecule has 5 nitrogen and oxygen atoms in total. The van der Waals surface area contributed by atoms with Crippen molar-refractivity contribution < 1.29 is 9.94 Å². The molecule has 27 heavy (non-hydrogen) atoms. The van der Waals surface area contributed by atoms with Crippen LogP contribution in [0.2, 0.25) is 0 Å². The Morgan fingerprint density at radius 1 is 0.889 bits per heavy atom. The van der Waals surface area contributed by atoms with Crippen LogP contribution in [0.15, 0.2) is 84.1 Å². The van der Waals surface area contributed by atoms with Crippen LogP contribution >= 0.6 is 0 Å². The Bertz CT molecular complexity index is 1120. The molecule has 0 unspecified atom stereocenters. The van der Waals surface area contributed by atoms with Crippen LogP contribution in [0.4, 0.5) is 0 Å². The van der Waals surface area contributed by atoms with Crippen LogP contribution in [0.1, 0.15) is 11.3 Å². The molecular weight excluding hydrogens is 338 g/mol. The van der Waals surface area contributed by atoms with E-state index in [0.717, 1.165) is 33.5 Å². The van der Waals surface area contributed by atoms with Crippen molar-refractivity contribution in [1.82, 2.24) is 9.97 Å². The number of benzene rings is 2. The van der Waals surface area contributed by atoms with Crippen LogP contribution in [0, 0.1) is 0 Å². The van der Waals surface area contributed by atoms with Gasteiger partial charge in [0.1, 0.15) is 11.5 Å². The number of aromatic nitrogens is 2. The minimum atomic E-state index is 0.408. The average Bonchev–Trinajstić information content (AvgIpc) is 2.75. The van der Waals surface area contributed by atoms with Crippen molar-refractivity contribution in [2.24, 2.45) is 5.16 Å². The van der Waals surface area contributed by atoms with Crippen LogP contribution in [-0.2, 0) is 0 Å². The Morgan fingerprint density at radius 3 is 2.48 bits per heavy atom. The Labute approximate surface area is 156 Å². The van der Waals surface area contributed by atoms with Gasteiger partial charge in [0.2, 0.25) is 0 Å². The van der Waals surface area contributed by atoms with E-state index >= 15 is 0 Å². The Kier molecular flexibility index (Phi) is 4.49. The fraction of sp³-hybridized carbons (Fsp3) is 0.0455. The smallest absolute Gasteiger partial charge is 0.135 e. The Hall–Kier alpha value is -3.73. The van der Waals surface area contributed by atoms with Crippen molar-refractivity contribution in [1.29, 1.82) is 0 Å². The van der Waals surface area contributed by atoms with E-state index in [9.17, 15) is 5.21 Å². The van der Waals surface area contributed by atoms with Crippen LogP contribution in [-0.4, -0.2) is 28.0 Å². The first-order chi connectivity index (χ1) is 13.3. The molecule has 2 aromatic heterocycles. The number of nitrogens with zero attached hydrogens (tertiary/aromatic N) is 3. The summed E-state index contributed by atoms with van der Waals surface area (Å²) < 4.78 is 5.27. The zero-order valence-electron chi connectivity index (χ0n) is 14.7. The van der Waals surface area contributed by atoms with Crippen LogP contribution < -0.4 is 4.74 Å². The van der Waals surface area contributed by atoms with Gasteiger partial charge in [-0.2, -0.15) is 0 Å². The summed E-state index contributed by atoms with van der Waals surface area (Å²) in [4.78, 5) is 8.95. The van der Waals surface area contributed by atoms with Crippen molar-refractivity contribution >= 4 is 16.5 Å². The second-order valence-electron chi connectivity index (χ2n) is 6.00. The summed E-state index contributed by atoms with van der Waals surface area (Å²) in [6, 6.07) is 22.9. The molecule has 0 aliphatic heterocycles. The molecule has 4 aromatic rings. The monoisotopic (exact) mass is 355 g/mol. The van der Waals surface area contributed by atoms with E-state index in [-0.39, 0.29) is 0 Å². The summed E-state index contributed by atoms with van der Waals surface area (Å²) >= 11 is 0. The van der Waals surface area contributed by atoms with E-state index in [4.69, 9.17) is 4.74 Å². The second kappa shape index (κ2) is 7.25. The lowest BCUT2D eigenvalue weighted by atomic mass is 10.0. The largest absolute Gasteiger partial charge is 0.497 e. The van der Waals surface area contributed by atoms with E-state index < -0.39 is 0 Å². The number of ether oxygens (including phenoxy) is 1. The average molecular weight is 355 g/mol. The standard InChI is InChI=1S/C22H17N3O2/c1-27-18-11-10-15-13-17(9-8-16(15)14-18)22(25-26)21-7-4-6-20(24-21)19-5-2-3-12-23-19/h2-14,26H,1H3. The van der Waals surface area contributed by atoms with Gasteiger partial charge in [-0.1, -0.05) is 35.5 Å². The molecule has 0 aliphatic carbocycles. The number of rotatable bonds is 4. The first-order valence-corrected chi connectivity index (χ1v) is 8.47. The minimum absolute atomic E-state index is 0.408. The van der Waals surface area contributed by atoms with Crippen LogP contribution in [0.3, 0.4) is 0 Å². The maximum Gasteiger partial charge on any atom is 0.135 e. The van der Waals surface area contributed by atoms with Gasteiger partial charge < -0.3 is 9.94 Å². The molecule has 2 aromatic carbocycles. The molecule has 0 spiro atoms. The molecule has 0 bridgehead atoms. The third-order valence-corrected chi connectivity index (χ3v) is 4.34. The molecule has 1 N–H and O–H groups in total. The maximum absolute atomic E-state index is 9.66. The summed E-state index contributed by atoms with van der Waals surface area (Å²) in [6.07, 6.45) is 1.72. The molecule has 0 amide bonds. The van der Waals surface area contributed by atoms with Crippen molar-refractivity contribution in [2.75, 3.05) is 7.11 Å². The van der Waals surface area contributed by atoms with E-state index in [2.05, 4.69) is 15.1 Å². The highest BCUT2D eigenvalue weighted by Gasteiger charge is 2.12. The van der Waals surface area contributed by atoms with E-state index in [1.165, 1.54) is 0 Å². The number of fused-ring (bicyclic) bond motifs is 1. The molecule has 2 heterocycles. The zero-order chi connectivity index (χ0) is 18.6. The Balaban J connectivity index is 1.75. The lowest BCUT2D eigenvalue weighted by molar-refractivity contribution is 0.319. The predicted molar refractivity (Wildman–Crippen MR) is 105 cm³/mol. The molecule has 0 atom stereocenters. The van der Waals surface area contributed by atoms with Gasteiger partial charge in [0.05, 0.1) is 24.2 Å². The highest BCUT2D eigenvalue weighted by Crippen LogP contribution is 2.23. The number of hydrogen-bond donors (Lipinski definition) is 1. The number of hydrogen-bond acceptors (Lipinski definition) is 5. The zero-order valence-corrected chi connectivity index (χ0v) is 14.7. The summed E-state index contributed by atoms with van der Waals surface area (Å²) in [6.45, 7) is 0. The topological polar surface area (TPSA) is 67.6 Å². The van der Waals surface area contributed by atoms with E-state index in [1.54, 1.807) is 13.3 Å². The van der Waals surface area contributed by atoms with Crippen molar-refractivity contribution in [2.45, 2.75) is 0 Å². The van der Waals surface area contributed by atoms with E-state index in [0.29, 0.717) is 11.4 Å². The molecular formula is C22H17N3O2. The first kappa shape index (κ1) is 16.7. The van der Waals surface area contributed by atoms with Crippen molar-refractivity contribution in [3.63, 3.8) is 0 Å². The lowest BCUT2D eigenvalue weighted by Crippen LogP contribution is -2.06. The third kappa shape index (κ3) is 3.35. The van der Waals surface area contributed by atoms with E-state index in [1.807, 2.05) is 72.8 Å². The van der Waals surface area contributed by atoms with Crippen LogP contribution in [0.25, 0.3) is 22.2 Å². The van der Waals surface area contributed by atoms with Crippen LogP contribution in [0.5, 0.6) is 5.75 Å². The predicted octanol–water partition coefficient (Wildman–Crippen LogP) is 4.53. The van der Waals surface area contributed by atoms with Crippen molar-refractivity contribution in [3.05, 3.63) is 90.3 Å². The van der Waals surface area contributed by atoms with Gasteiger partial charge in [0, 0.05) is 11.8 Å². The quantitative estimate of drug-likeness (QED) is 0.332. The highest BCUT2D eigenvalue weighted by atomic mass is 16.5. The molecule has 0 radical (unpaired) electrons. The summed E-state index contributed by atoms with van der Waals surface area (Å²) in [7, 11) is 1.65. The van der Waals surface area contributed by atoms with Gasteiger partial charge >= 0.3 is 0 Å². The lowest BCUT2D eigenvalue weighted by Gasteiger charge is -2.08. The van der Waals surface area contributed by atoms with Gasteiger partial charge in [-0.3, -0.25) is 4.98 Å². The summed E-state index contributed by atoms with van der Waals surface area (Å²) in [5, 5.41) is 15.2. The molecule has 0 saturated heterocycles.